The number of H-pyrrole nitrogens is 1. The first-order valence-corrected chi connectivity index (χ1v) is 9.79. The minimum absolute atomic E-state index is 0.504. The normalized spacial score (nSPS) is 10.7. The SMILES string of the molecule is COc1ccc(-c2n[c]c(-c3ccc(OCCOCc4ccccc4)cc3)[nH]2)cc1. The second-order valence-corrected chi connectivity index (χ2v) is 6.71. The van der Waals surface area contributed by atoms with Crippen molar-refractivity contribution in [2.75, 3.05) is 20.3 Å². The first-order chi connectivity index (χ1) is 14.8. The average Bonchev–Trinajstić information content (AvgIpc) is 3.30. The smallest absolute Gasteiger partial charge is 0.138 e. The highest BCUT2D eigenvalue weighted by molar-refractivity contribution is 5.64. The van der Waals surface area contributed by atoms with Gasteiger partial charge in [0.05, 0.1) is 26.0 Å². The Hall–Kier alpha value is -3.57. The second-order valence-electron chi connectivity index (χ2n) is 6.71. The van der Waals surface area contributed by atoms with Crippen LogP contribution in [-0.4, -0.2) is 30.3 Å². The fourth-order valence-corrected chi connectivity index (χ4v) is 3.01. The maximum absolute atomic E-state index is 5.76. The van der Waals surface area contributed by atoms with Crippen molar-refractivity contribution in [1.29, 1.82) is 0 Å². The molecule has 0 fully saturated rings. The lowest BCUT2D eigenvalue weighted by atomic mass is 10.1. The van der Waals surface area contributed by atoms with Gasteiger partial charge in [-0.25, -0.2) is 4.98 Å². The van der Waals surface area contributed by atoms with Crippen molar-refractivity contribution >= 4 is 0 Å². The molecule has 5 nitrogen and oxygen atoms in total. The standard InChI is InChI=1S/C25H23N2O3/c1-28-22-11-9-21(10-12-22)25-26-17-24(27-25)20-7-13-23(14-8-20)30-16-15-29-18-19-5-3-2-4-6-19/h2-14H,15-16,18H2,1H3,(H,26,27). The molecule has 0 unspecified atom stereocenters. The van der Waals surface area contributed by atoms with Crippen LogP contribution in [0.1, 0.15) is 5.56 Å². The lowest BCUT2D eigenvalue weighted by Crippen LogP contribution is -2.06. The van der Waals surface area contributed by atoms with Crippen LogP contribution in [0.15, 0.2) is 78.9 Å². The molecule has 4 rings (SSSR count). The number of methoxy groups -OCH3 is 1. The minimum atomic E-state index is 0.504. The molecular formula is C25H23N2O3. The minimum Gasteiger partial charge on any atom is -0.497 e. The van der Waals surface area contributed by atoms with Crippen molar-refractivity contribution in [2.24, 2.45) is 0 Å². The summed E-state index contributed by atoms with van der Waals surface area (Å²) in [5.41, 5.74) is 3.97. The molecule has 0 amide bonds. The van der Waals surface area contributed by atoms with Crippen molar-refractivity contribution < 1.29 is 14.2 Å². The molecule has 1 heterocycles. The summed E-state index contributed by atoms with van der Waals surface area (Å²) >= 11 is 0. The van der Waals surface area contributed by atoms with Gasteiger partial charge in [-0.05, 0) is 54.1 Å². The van der Waals surface area contributed by atoms with E-state index in [1.807, 2.05) is 78.9 Å². The van der Waals surface area contributed by atoms with Gasteiger partial charge in [0.1, 0.15) is 30.1 Å². The molecule has 151 valence electrons. The van der Waals surface area contributed by atoms with E-state index in [0.29, 0.717) is 19.8 Å². The molecule has 0 aliphatic rings. The van der Waals surface area contributed by atoms with Crippen molar-refractivity contribution in [2.45, 2.75) is 6.61 Å². The fourth-order valence-electron chi connectivity index (χ4n) is 3.01. The summed E-state index contributed by atoms with van der Waals surface area (Å²) in [5.74, 6) is 2.39. The molecule has 1 radical (unpaired) electrons. The van der Waals surface area contributed by atoms with E-state index in [9.17, 15) is 0 Å². The summed E-state index contributed by atoms with van der Waals surface area (Å²) in [4.78, 5) is 7.68. The maximum atomic E-state index is 5.76. The molecule has 0 spiro atoms. The van der Waals surface area contributed by atoms with E-state index in [0.717, 1.165) is 39.7 Å². The lowest BCUT2D eigenvalue weighted by molar-refractivity contribution is 0.0889. The van der Waals surface area contributed by atoms with Crippen molar-refractivity contribution in [3.05, 3.63) is 90.6 Å². The summed E-state index contributed by atoms with van der Waals surface area (Å²) in [7, 11) is 1.65. The number of ether oxygens (including phenoxy) is 3. The summed E-state index contributed by atoms with van der Waals surface area (Å²) < 4.78 is 16.6. The summed E-state index contributed by atoms with van der Waals surface area (Å²) in [6.07, 6.45) is 3.05. The van der Waals surface area contributed by atoms with Gasteiger partial charge in [-0.15, -0.1) is 0 Å². The van der Waals surface area contributed by atoms with E-state index in [-0.39, 0.29) is 0 Å². The van der Waals surface area contributed by atoms with Gasteiger partial charge >= 0.3 is 0 Å². The molecule has 0 aliphatic heterocycles. The maximum Gasteiger partial charge on any atom is 0.138 e. The topological polar surface area (TPSA) is 56.4 Å². The number of hydrogen-bond acceptors (Lipinski definition) is 4. The molecule has 5 heteroatoms. The number of nitrogens with one attached hydrogen (secondary N) is 1. The van der Waals surface area contributed by atoms with Crippen molar-refractivity contribution in [3.8, 4) is 34.1 Å². The van der Waals surface area contributed by atoms with Crippen LogP contribution in [0.5, 0.6) is 11.5 Å². The summed E-state index contributed by atoms with van der Waals surface area (Å²) in [6.45, 7) is 1.63. The summed E-state index contributed by atoms with van der Waals surface area (Å²) in [5, 5.41) is 0. The van der Waals surface area contributed by atoms with Crippen LogP contribution < -0.4 is 9.47 Å². The Balaban J connectivity index is 1.28. The zero-order valence-electron chi connectivity index (χ0n) is 16.8. The number of nitrogens with zero attached hydrogens (tertiary/aromatic N) is 1. The number of imidazole rings is 1. The predicted molar refractivity (Wildman–Crippen MR) is 116 cm³/mol. The highest BCUT2D eigenvalue weighted by Gasteiger charge is 2.07. The van der Waals surface area contributed by atoms with E-state index in [1.54, 1.807) is 7.11 Å². The van der Waals surface area contributed by atoms with Gasteiger partial charge in [0.15, 0.2) is 0 Å². The zero-order chi connectivity index (χ0) is 20.6. The monoisotopic (exact) mass is 399 g/mol. The third kappa shape index (κ3) is 5.07. The van der Waals surface area contributed by atoms with Gasteiger partial charge in [-0.3, -0.25) is 0 Å². The van der Waals surface area contributed by atoms with Gasteiger partial charge < -0.3 is 19.2 Å². The Morgan fingerprint density at radius 1 is 0.800 bits per heavy atom. The van der Waals surface area contributed by atoms with E-state index < -0.39 is 0 Å². The molecule has 0 bridgehead atoms. The Labute approximate surface area is 176 Å². The van der Waals surface area contributed by atoms with E-state index in [1.165, 1.54) is 0 Å². The first-order valence-electron chi connectivity index (χ1n) is 9.79. The van der Waals surface area contributed by atoms with Crippen LogP contribution >= 0.6 is 0 Å². The van der Waals surface area contributed by atoms with Crippen LogP contribution in [0.3, 0.4) is 0 Å². The highest BCUT2D eigenvalue weighted by atomic mass is 16.5. The van der Waals surface area contributed by atoms with Gasteiger partial charge in [0.2, 0.25) is 0 Å². The first kappa shape index (κ1) is 19.7. The molecule has 0 saturated carbocycles. The second kappa shape index (κ2) is 9.76. The molecule has 0 saturated heterocycles. The van der Waals surface area contributed by atoms with Crippen molar-refractivity contribution in [1.82, 2.24) is 9.97 Å². The van der Waals surface area contributed by atoms with E-state index >= 15 is 0 Å². The molecule has 3 aromatic carbocycles. The highest BCUT2D eigenvalue weighted by Crippen LogP contribution is 2.25. The third-order valence-electron chi connectivity index (χ3n) is 4.64. The predicted octanol–water partition coefficient (Wildman–Crippen LogP) is 5.15. The number of aromatic amines is 1. The average molecular weight is 399 g/mol. The molecule has 0 aliphatic carbocycles. The number of hydrogen-bond donors (Lipinski definition) is 1. The molecule has 1 aromatic heterocycles. The molecule has 4 aromatic rings. The van der Waals surface area contributed by atoms with Gasteiger partial charge in [-0.2, -0.15) is 0 Å². The molecule has 0 atom stereocenters. The Morgan fingerprint density at radius 2 is 1.50 bits per heavy atom. The molecule has 30 heavy (non-hydrogen) atoms. The number of benzene rings is 3. The van der Waals surface area contributed by atoms with E-state index in [4.69, 9.17) is 14.2 Å². The van der Waals surface area contributed by atoms with Crippen LogP contribution in [0, 0.1) is 6.20 Å². The number of aromatic nitrogens is 2. The Bertz CT molecular complexity index is 1040. The quantitative estimate of drug-likeness (QED) is 0.396. The Morgan fingerprint density at radius 3 is 2.23 bits per heavy atom. The zero-order valence-corrected chi connectivity index (χ0v) is 16.8. The third-order valence-corrected chi connectivity index (χ3v) is 4.64. The van der Waals surface area contributed by atoms with Crippen LogP contribution in [0.2, 0.25) is 0 Å². The number of rotatable bonds is 9. The molecule has 1 N–H and O–H groups in total. The molecular weight excluding hydrogens is 376 g/mol. The lowest BCUT2D eigenvalue weighted by Gasteiger charge is -2.08. The largest absolute Gasteiger partial charge is 0.497 e. The Kier molecular flexibility index (Phi) is 6.42. The van der Waals surface area contributed by atoms with Crippen LogP contribution in [-0.2, 0) is 11.3 Å². The fraction of sp³-hybridized carbons (Fsp3) is 0.160. The van der Waals surface area contributed by atoms with Gasteiger partial charge in [0.25, 0.3) is 0 Å². The van der Waals surface area contributed by atoms with Crippen LogP contribution in [0.25, 0.3) is 22.6 Å². The van der Waals surface area contributed by atoms with Gasteiger partial charge in [-0.1, -0.05) is 30.3 Å². The van der Waals surface area contributed by atoms with Crippen LogP contribution in [0.4, 0.5) is 0 Å². The van der Waals surface area contributed by atoms with Gasteiger partial charge in [0, 0.05) is 11.1 Å². The van der Waals surface area contributed by atoms with E-state index in [2.05, 4.69) is 16.2 Å². The van der Waals surface area contributed by atoms with Crippen molar-refractivity contribution in [3.63, 3.8) is 0 Å². The summed E-state index contributed by atoms with van der Waals surface area (Å²) in [6, 6.07) is 25.7.